The molecule has 2 amide bonds. The van der Waals surface area contributed by atoms with Crippen LogP contribution in [0.1, 0.15) is 42.3 Å². The summed E-state index contributed by atoms with van der Waals surface area (Å²) in [5.74, 6) is -0.797. The van der Waals surface area contributed by atoms with Crippen molar-refractivity contribution in [3.63, 3.8) is 0 Å². The maximum atomic E-state index is 15.2. The molecule has 1 atom stereocenters. The zero-order chi connectivity index (χ0) is 33.1. The van der Waals surface area contributed by atoms with E-state index in [1.54, 1.807) is 30.3 Å². The van der Waals surface area contributed by atoms with Crippen molar-refractivity contribution >= 4 is 52.7 Å². The molecule has 0 radical (unpaired) electrons. The normalized spacial score (nSPS) is 14.3. The molecule has 0 saturated heterocycles. The van der Waals surface area contributed by atoms with Crippen molar-refractivity contribution in [3.8, 4) is 16.9 Å². The molecule has 13 heteroatoms. The van der Waals surface area contributed by atoms with Crippen molar-refractivity contribution in [1.82, 2.24) is 14.8 Å². The molecule has 46 heavy (non-hydrogen) atoms. The predicted octanol–water partition coefficient (Wildman–Crippen LogP) is 8.31. The first-order valence-corrected chi connectivity index (χ1v) is 16.3. The van der Waals surface area contributed by atoms with Gasteiger partial charge in [-0.25, -0.2) is 14.2 Å². The lowest BCUT2D eigenvalue weighted by atomic mass is 10.1. The van der Waals surface area contributed by atoms with Crippen molar-refractivity contribution in [2.75, 3.05) is 24.6 Å². The Hall–Kier alpha value is -3.77. The Balaban J connectivity index is 1.43. The van der Waals surface area contributed by atoms with Gasteiger partial charge < -0.3 is 9.47 Å². The topological polar surface area (TPSA) is 97.1 Å². The van der Waals surface area contributed by atoms with Gasteiger partial charge in [0.2, 0.25) is 0 Å². The number of rotatable bonds is 9. The first-order valence-electron chi connectivity index (χ1n) is 14.6. The van der Waals surface area contributed by atoms with Gasteiger partial charge in [0.05, 0.1) is 38.1 Å². The fraction of sp³-hybridized carbons (Fsp3) is 0.303. The van der Waals surface area contributed by atoms with Crippen molar-refractivity contribution in [1.29, 1.82) is 0 Å². The lowest BCUT2D eigenvalue weighted by Gasteiger charge is -2.34. The summed E-state index contributed by atoms with van der Waals surface area (Å²) in [7, 11) is 0. The number of aromatic nitrogens is 2. The van der Waals surface area contributed by atoms with E-state index in [9.17, 15) is 14.8 Å². The van der Waals surface area contributed by atoms with Gasteiger partial charge in [0.25, 0.3) is 5.91 Å². The van der Waals surface area contributed by atoms with Crippen LogP contribution in [0.5, 0.6) is 5.75 Å². The minimum Gasteiger partial charge on any atom is -0.477 e. The molecule has 9 nitrogen and oxygen atoms in total. The van der Waals surface area contributed by atoms with Crippen molar-refractivity contribution < 1.29 is 28.7 Å². The molecule has 5 rings (SSSR count). The lowest BCUT2D eigenvalue weighted by molar-refractivity contribution is -0.0647. The van der Waals surface area contributed by atoms with E-state index in [0.29, 0.717) is 21.5 Å². The van der Waals surface area contributed by atoms with E-state index in [1.165, 1.54) is 22.5 Å². The van der Waals surface area contributed by atoms with Crippen LogP contribution in [-0.4, -0.2) is 57.2 Å². The summed E-state index contributed by atoms with van der Waals surface area (Å²) >= 11 is 14.2. The van der Waals surface area contributed by atoms with E-state index < -0.39 is 23.3 Å². The third kappa shape index (κ3) is 7.28. The fourth-order valence-electron chi connectivity index (χ4n) is 5.00. The molecule has 1 N–H and O–H groups in total. The molecule has 1 aliphatic heterocycles. The quantitative estimate of drug-likeness (QED) is 0.140. The van der Waals surface area contributed by atoms with E-state index in [0.717, 1.165) is 27.7 Å². The van der Waals surface area contributed by atoms with Crippen molar-refractivity contribution in [2.24, 2.45) is 5.92 Å². The van der Waals surface area contributed by atoms with Gasteiger partial charge in [-0.1, -0.05) is 67.0 Å². The summed E-state index contributed by atoms with van der Waals surface area (Å²) in [4.78, 5) is 28.0. The second-order valence-corrected chi connectivity index (χ2v) is 13.1. The summed E-state index contributed by atoms with van der Waals surface area (Å²) in [6, 6.07) is 13.4. The Morgan fingerprint density at radius 1 is 1.17 bits per heavy atom. The maximum absolute atomic E-state index is 15.2. The number of halogens is 3. The monoisotopic (exact) mass is 686 g/mol. The highest BCUT2D eigenvalue weighted by Gasteiger charge is 2.33. The molecule has 1 aliphatic rings. The third-order valence-corrected chi connectivity index (χ3v) is 9.18. The fourth-order valence-corrected chi connectivity index (χ4v) is 6.69. The Bertz CT molecular complexity index is 1740. The van der Waals surface area contributed by atoms with Crippen LogP contribution in [0.2, 0.25) is 10.0 Å². The number of hydrogen-bond donors (Lipinski definition) is 1. The second kappa shape index (κ2) is 14.3. The SMILES string of the molecule is CCOC(=O)N1CC(Oc2cccc(Cl)c2C)Sc2c(-c3cnn(Cc4c(F)cc(C(=O)N(O)CC(C)C)cc4Cl)c3)cccc21. The summed E-state index contributed by atoms with van der Waals surface area (Å²) in [6.07, 6.45) is 2.91. The number of anilines is 1. The van der Waals surface area contributed by atoms with E-state index in [2.05, 4.69) is 5.10 Å². The molecule has 0 saturated carbocycles. The van der Waals surface area contributed by atoms with E-state index in [-0.39, 0.29) is 48.3 Å². The Morgan fingerprint density at radius 3 is 2.65 bits per heavy atom. The second-order valence-electron chi connectivity index (χ2n) is 11.1. The number of fused-ring (bicyclic) bond motifs is 1. The number of nitrogens with zero attached hydrogens (tertiary/aromatic N) is 4. The number of amides is 2. The van der Waals surface area contributed by atoms with Crippen LogP contribution in [0.3, 0.4) is 0 Å². The highest BCUT2D eigenvalue weighted by Crippen LogP contribution is 2.45. The first-order chi connectivity index (χ1) is 22.0. The summed E-state index contributed by atoms with van der Waals surface area (Å²) in [5, 5.41) is 15.7. The molecule has 0 fully saturated rings. The van der Waals surface area contributed by atoms with Crippen LogP contribution in [0.25, 0.3) is 11.1 Å². The van der Waals surface area contributed by atoms with Crippen LogP contribution in [-0.2, 0) is 11.3 Å². The molecule has 242 valence electrons. The summed E-state index contributed by atoms with van der Waals surface area (Å²) in [5.41, 5.74) is 2.58. The highest BCUT2D eigenvalue weighted by molar-refractivity contribution is 8.00. The molecular weight excluding hydrogens is 654 g/mol. The van der Waals surface area contributed by atoms with Crippen LogP contribution < -0.4 is 9.64 Å². The van der Waals surface area contributed by atoms with Gasteiger partial charge in [0.1, 0.15) is 11.6 Å². The van der Waals surface area contributed by atoms with Crippen molar-refractivity contribution in [3.05, 3.63) is 93.5 Å². The Morgan fingerprint density at radius 2 is 1.93 bits per heavy atom. The van der Waals surface area contributed by atoms with Crippen LogP contribution in [0.15, 0.2) is 65.8 Å². The number of carbonyl (C=O) groups excluding carboxylic acids is 2. The molecule has 1 unspecified atom stereocenters. The standard InChI is InChI=1S/C33H33Cl2FN4O5S/c1-5-44-33(42)39-18-30(45-29-11-7-9-25(34)20(29)4)46-31-23(8-6-10-28(31)39)22-14-37-38(16-22)17-24-26(35)12-21(13-27(24)36)32(41)40(43)15-19(2)3/h6-14,16,19,30,43H,5,15,17-18H2,1-4H3. The smallest absolute Gasteiger partial charge is 0.414 e. The number of carbonyl (C=O) groups is 2. The summed E-state index contributed by atoms with van der Waals surface area (Å²) in [6.45, 7) is 7.87. The maximum Gasteiger partial charge on any atom is 0.414 e. The van der Waals surface area contributed by atoms with E-state index >= 15 is 4.39 Å². The van der Waals surface area contributed by atoms with E-state index in [4.69, 9.17) is 32.7 Å². The third-order valence-electron chi connectivity index (χ3n) is 7.26. The molecule has 3 aromatic carbocycles. The first kappa shape index (κ1) is 33.6. The average molecular weight is 688 g/mol. The van der Waals surface area contributed by atoms with Crippen LogP contribution in [0.4, 0.5) is 14.9 Å². The molecule has 4 aromatic rings. The van der Waals surface area contributed by atoms with Gasteiger partial charge in [0, 0.05) is 49.0 Å². The molecule has 0 aliphatic carbocycles. The van der Waals surface area contributed by atoms with Crippen LogP contribution >= 0.6 is 35.0 Å². The summed E-state index contributed by atoms with van der Waals surface area (Å²) < 4.78 is 28.5. The van der Waals surface area contributed by atoms with Gasteiger partial charge in [-0.15, -0.1) is 0 Å². The van der Waals surface area contributed by atoms with Gasteiger partial charge in [0.15, 0.2) is 5.44 Å². The number of thioether (sulfide) groups is 1. The van der Waals surface area contributed by atoms with Gasteiger partial charge in [-0.2, -0.15) is 5.10 Å². The van der Waals surface area contributed by atoms with Gasteiger partial charge in [-0.3, -0.25) is 19.6 Å². The number of hydroxylamine groups is 2. The molecule has 0 bridgehead atoms. The minimum absolute atomic E-state index is 0.00906. The molecule has 2 heterocycles. The predicted molar refractivity (Wildman–Crippen MR) is 177 cm³/mol. The zero-order valence-corrected chi connectivity index (χ0v) is 28.0. The number of benzene rings is 3. The van der Waals surface area contributed by atoms with Gasteiger partial charge in [-0.05, 0) is 50.1 Å². The van der Waals surface area contributed by atoms with Crippen LogP contribution in [0, 0.1) is 18.7 Å². The number of hydrogen-bond acceptors (Lipinski definition) is 7. The zero-order valence-electron chi connectivity index (χ0n) is 25.7. The Kier molecular flexibility index (Phi) is 10.5. The highest BCUT2D eigenvalue weighted by atomic mass is 35.5. The molecular formula is C33H33Cl2FN4O5S. The van der Waals surface area contributed by atoms with E-state index in [1.807, 2.05) is 51.1 Å². The molecule has 0 spiro atoms. The lowest BCUT2D eigenvalue weighted by Crippen LogP contribution is -2.42. The number of ether oxygens (including phenoxy) is 2. The minimum atomic E-state index is -0.738. The molecule has 1 aromatic heterocycles. The van der Waals surface area contributed by atoms with Gasteiger partial charge >= 0.3 is 6.09 Å². The van der Waals surface area contributed by atoms with Crippen molar-refractivity contribution in [2.45, 2.75) is 44.6 Å². The Labute approximate surface area is 280 Å². The largest absolute Gasteiger partial charge is 0.477 e. The average Bonchev–Trinajstić information content (AvgIpc) is 3.48.